The molecule has 4 aromatic heterocycles. The van der Waals surface area contributed by atoms with Crippen LogP contribution in [0.2, 0.25) is 0 Å². The number of thiazole rings is 1. The van der Waals surface area contributed by atoms with Crippen LogP contribution in [0.25, 0.3) is 21.4 Å². The third-order valence-corrected chi connectivity index (χ3v) is 6.75. The number of fused-ring (bicyclic) bond motifs is 4. The molecule has 0 aliphatic carbocycles. The predicted octanol–water partition coefficient (Wildman–Crippen LogP) is 3.13. The molecular weight excluding hydrogens is 446 g/mol. The van der Waals surface area contributed by atoms with E-state index in [0.29, 0.717) is 34.3 Å². The first-order chi connectivity index (χ1) is 16.0. The maximum absolute atomic E-state index is 11.7. The van der Waals surface area contributed by atoms with E-state index in [1.54, 1.807) is 19.3 Å². The molecule has 170 valence electrons. The topological polar surface area (TPSA) is 122 Å². The van der Waals surface area contributed by atoms with Crippen molar-refractivity contribution < 1.29 is 23.8 Å². The molecule has 2 atom stereocenters. The van der Waals surface area contributed by atoms with Crippen molar-refractivity contribution in [3.05, 3.63) is 42.4 Å². The van der Waals surface area contributed by atoms with Crippen LogP contribution in [0.5, 0.6) is 10.9 Å². The van der Waals surface area contributed by atoms with Gasteiger partial charge in [-0.05, 0) is 18.6 Å². The lowest BCUT2D eigenvalue weighted by Gasteiger charge is -2.33. The highest BCUT2D eigenvalue weighted by Crippen LogP contribution is 2.34. The zero-order valence-corrected chi connectivity index (χ0v) is 18.6. The first-order valence-corrected chi connectivity index (χ1v) is 11.2. The highest BCUT2D eigenvalue weighted by molar-refractivity contribution is 7.20. The summed E-state index contributed by atoms with van der Waals surface area (Å²) in [6.45, 7) is 3.84. The second kappa shape index (κ2) is 8.75. The van der Waals surface area contributed by atoms with Crippen molar-refractivity contribution in [2.75, 3.05) is 13.1 Å². The smallest absolute Gasteiger partial charge is 0.290 e. The number of hydrogen-bond acceptors (Lipinski definition) is 9. The average Bonchev–Trinajstić information content (AvgIpc) is 3.55. The Hall–Kier alpha value is -3.57. The number of ether oxygens (including phenoxy) is 1. The molecule has 2 saturated heterocycles. The maximum atomic E-state index is 11.7. The van der Waals surface area contributed by atoms with Crippen molar-refractivity contribution in [3.8, 4) is 10.9 Å². The molecule has 2 fully saturated rings. The highest BCUT2D eigenvalue weighted by atomic mass is 32.1. The van der Waals surface area contributed by atoms with Crippen LogP contribution >= 0.6 is 11.3 Å². The van der Waals surface area contributed by atoms with Crippen LogP contribution in [0.1, 0.15) is 19.1 Å². The van der Waals surface area contributed by atoms with E-state index < -0.39 is 0 Å². The number of amides is 1. The molecule has 2 bridgehead atoms. The molecule has 4 aromatic rings. The van der Waals surface area contributed by atoms with Gasteiger partial charge in [-0.25, -0.2) is 9.97 Å². The molecule has 0 aromatic carbocycles. The number of pyridine rings is 2. The number of piperazine rings is 1. The molecule has 2 unspecified atom stereocenters. The van der Waals surface area contributed by atoms with E-state index in [-0.39, 0.29) is 12.4 Å². The lowest BCUT2D eigenvalue weighted by atomic mass is 10.2. The molecule has 0 spiro atoms. The Kier molecular flexibility index (Phi) is 5.65. The van der Waals surface area contributed by atoms with E-state index in [2.05, 4.69) is 19.9 Å². The van der Waals surface area contributed by atoms with Gasteiger partial charge >= 0.3 is 0 Å². The first-order valence-electron chi connectivity index (χ1n) is 10.4. The Morgan fingerprint density at radius 1 is 1.33 bits per heavy atom. The molecular formula is C22H21N5O5S. The molecule has 1 N–H and O–H groups in total. The number of hydrogen-bond donors (Lipinski definition) is 1. The Balaban J connectivity index is 0.000000724. The van der Waals surface area contributed by atoms with Crippen LogP contribution in [-0.2, 0) is 16.1 Å². The van der Waals surface area contributed by atoms with E-state index in [4.69, 9.17) is 19.1 Å². The minimum absolute atomic E-state index is 0.173. The van der Waals surface area contributed by atoms with Crippen LogP contribution in [0.3, 0.4) is 0 Å². The van der Waals surface area contributed by atoms with Crippen molar-refractivity contribution in [2.45, 2.75) is 32.0 Å². The van der Waals surface area contributed by atoms with Gasteiger partial charge in [0.2, 0.25) is 5.91 Å². The first kappa shape index (κ1) is 21.3. The van der Waals surface area contributed by atoms with E-state index in [0.717, 1.165) is 42.0 Å². The number of likely N-dealkylation sites (tertiary alicyclic amines) is 2. The number of furan rings is 1. The fraction of sp³-hybridized carbons (Fsp3) is 0.318. The van der Waals surface area contributed by atoms with Gasteiger partial charge in [0.1, 0.15) is 11.3 Å². The molecule has 6 heterocycles. The van der Waals surface area contributed by atoms with Gasteiger partial charge in [-0.15, -0.1) is 0 Å². The molecule has 1 amide bonds. The summed E-state index contributed by atoms with van der Waals surface area (Å²) in [6.07, 6.45) is 4.45. The van der Waals surface area contributed by atoms with E-state index in [9.17, 15) is 4.79 Å². The summed E-state index contributed by atoms with van der Waals surface area (Å²) in [5, 5.41) is 7.42. The molecule has 2 aliphatic rings. The quantitative estimate of drug-likeness (QED) is 0.451. The van der Waals surface area contributed by atoms with Gasteiger partial charge in [-0.3, -0.25) is 14.5 Å². The lowest BCUT2D eigenvalue weighted by molar-refractivity contribution is -0.131. The van der Waals surface area contributed by atoms with E-state index in [1.165, 1.54) is 11.3 Å². The maximum Gasteiger partial charge on any atom is 0.290 e. The molecule has 33 heavy (non-hydrogen) atoms. The molecule has 10 nitrogen and oxygen atoms in total. The molecule has 2 aliphatic heterocycles. The van der Waals surface area contributed by atoms with Gasteiger partial charge in [0.25, 0.3) is 11.7 Å². The number of aromatic nitrogens is 3. The van der Waals surface area contributed by atoms with Crippen LogP contribution in [0.15, 0.2) is 41.1 Å². The van der Waals surface area contributed by atoms with Gasteiger partial charge in [-0.2, -0.15) is 4.98 Å². The van der Waals surface area contributed by atoms with Crippen molar-refractivity contribution in [3.63, 3.8) is 0 Å². The molecule has 0 saturated carbocycles. The lowest BCUT2D eigenvalue weighted by Crippen LogP contribution is -2.47. The van der Waals surface area contributed by atoms with Crippen LogP contribution < -0.4 is 4.74 Å². The molecule has 0 radical (unpaired) electrons. The van der Waals surface area contributed by atoms with Gasteiger partial charge in [0.15, 0.2) is 17.0 Å². The zero-order chi connectivity index (χ0) is 22.9. The Morgan fingerprint density at radius 3 is 2.91 bits per heavy atom. The normalized spacial score (nSPS) is 19.6. The Bertz CT molecular complexity index is 1290. The SMILES string of the molecule is CC(=O)N1CC2CC1CN2Cc1cc2ncc(Oc3nc4ncccc4s3)cc2o1.O=CO. The third kappa shape index (κ3) is 4.24. The van der Waals surface area contributed by atoms with E-state index in [1.807, 2.05) is 29.2 Å². The average molecular weight is 468 g/mol. The second-order valence-electron chi connectivity index (χ2n) is 7.92. The Morgan fingerprint density at radius 2 is 2.18 bits per heavy atom. The summed E-state index contributed by atoms with van der Waals surface area (Å²) in [6, 6.07) is 8.42. The van der Waals surface area contributed by atoms with Gasteiger partial charge in [0, 0.05) is 50.4 Å². The third-order valence-electron chi connectivity index (χ3n) is 5.86. The minimum atomic E-state index is -0.250. The van der Waals surface area contributed by atoms with Crippen LogP contribution in [0, 0.1) is 0 Å². The predicted molar refractivity (Wildman–Crippen MR) is 120 cm³/mol. The summed E-state index contributed by atoms with van der Waals surface area (Å²) in [5.41, 5.74) is 2.17. The fourth-order valence-corrected chi connectivity index (χ4v) is 5.30. The second-order valence-corrected chi connectivity index (χ2v) is 8.92. The Labute approximate surface area is 192 Å². The molecule has 11 heteroatoms. The van der Waals surface area contributed by atoms with Crippen molar-refractivity contribution in [1.29, 1.82) is 0 Å². The summed E-state index contributed by atoms with van der Waals surface area (Å²) in [4.78, 5) is 37.5. The van der Waals surface area contributed by atoms with Gasteiger partial charge in [0.05, 0.1) is 17.4 Å². The highest BCUT2D eigenvalue weighted by Gasteiger charge is 2.44. The monoisotopic (exact) mass is 467 g/mol. The van der Waals surface area contributed by atoms with Gasteiger partial charge in [-0.1, -0.05) is 11.3 Å². The van der Waals surface area contributed by atoms with Crippen LogP contribution in [-0.4, -0.2) is 67.4 Å². The number of carboxylic acid groups (broad SMARTS) is 1. The number of carbonyl (C=O) groups excluding carboxylic acids is 1. The standard InChI is InChI=1S/C21H19N5O3S.CH2O2/c1-12(27)26-10-13-5-14(26)9-25(13)11-16-6-17-18(28-16)7-15(8-23-17)29-21-24-20-19(30-21)3-2-4-22-20;2-1-3/h2-4,6-8,13-14H,5,9-11H2,1H3;1H,(H,2,3). The summed E-state index contributed by atoms with van der Waals surface area (Å²) in [5.74, 6) is 1.63. The summed E-state index contributed by atoms with van der Waals surface area (Å²) >= 11 is 1.44. The number of nitrogens with zero attached hydrogens (tertiary/aromatic N) is 5. The number of carbonyl (C=O) groups is 2. The fourth-order valence-electron chi connectivity index (χ4n) is 4.51. The van der Waals surface area contributed by atoms with Crippen molar-refractivity contribution >= 4 is 45.2 Å². The number of rotatable bonds is 4. The largest absolute Gasteiger partial charge is 0.483 e. The zero-order valence-electron chi connectivity index (χ0n) is 17.7. The van der Waals surface area contributed by atoms with Crippen molar-refractivity contribution in [2.24, 2.45) is 0 Å². The van der Waals surface area contributed by atoms with Gasteiger partial charge < -0.3 is 19.2 Å². The molecule has 6 rings (SSSR count). The summed E-state index contributed by atoms with van der Waals surface area (Å²) in [7, 11) is 0. The van der Waals surface area contributed by atoms with Crippen molar-refractivity contribution in [1.82, 2.24) is 24.8 Å². The van der Waals surface area contributed by atoms with Crippen LogP contribution in [0.4, 0.5) is 0 Å². The van der Waals surface area contributed by atoms with E-state index >= 15 is 0 Å². The summed E-state index contributed by atoms with van der Waals surface area (Å²) < 4.78 is 12.9. The minimum Gasteiger partial charge on any atom is -0.483 e.